The first-order valence-electron chi connectivity index (χ1n) is 13.1. The van der Waals surface area contributed by atoms with Crippen LogP contribution >= 0.6 is 0 Å². The molecule has 0 fully saturated rings. The lowest BCUT2D eigenvalue weighted by Crippen LogP contribution is -2.31. The summed E-state index contributed by atoms with van der Waals surface area (Å²) < 4.78 is 1.92. The lowest BCUT2D eigenvalue weighted by Gasteiger charge is -2.18. The summed E-state index contributed by atoms with van der Waals surface area (Å²) in [7, 11) is 0. The average molecular weight is 526 g/mol. The van der Waals surface area contributed by atoms with Crippen LogP contribution in [0.2, 0.25) is 0 Å². The van der Waals surface area contributed by atoms with Crippen LogP contribution in [0.1, 0.15) is 22.0 Å². The van der Waals surface area contributed by atoms with Gasteiger partial charge in [-0.05, 0) is 39.9 Å². The van der Waals surface area contributed by atoms with Gasteiger partial charge in [-0.2, -0.15) is 0 Å². The van der Waals surface area contributed by atoms with E-state index in [1.54, 1.807) is 23.6 Å². The summed E-state index contributed by atoms with van der Waals surface area (Å²) in [6.45, 7) is 0.915. The summed E-state index contributed by atoms with van der Waals surface area (Å²) in [6, 6.07) is 23.6. The SMILES string of the molecule is N=c1ncn(C[C@@H]2CN(C(=O)c3cc4cc5ccccc5cc4[nH]3)c3cc(O)c4ccccc4c32)c2nc[nH]c12. The Morgan fingerprint density at radius 1 is 0.975 bits per heavy atom. The summed E-state index contributed by atoms with van der Waals surface area (Å²) in [5.41, 5.74) is 4.42. The molecule has 40 heavy (non-hydrogen) atoms. The zero-order valence-electron chi connectivity index (χ0n) is 21.2. The van der Waals surface area contributed by atoms with Gasteiger partial charge >= 0.3 is 0 Å². The average Bonchev–Trinajstić information content (AvgIpc) is 3.71. The van der Waals surface area contributed by atoms with Crippen molar-refractivity contribution in [2.45, 2.75) is 12.5 Å². The summed E-state index contributed by atoms with van der Waals surface area (Å²) in [5.74, 6) is -0.119. The number of phenolic OH excluding ortho intramolecular Hbond substituents is 1. The summed E-state index contributed by atoms with van der Waals surface area (Å²) in [4.78, 5) is 30.8. The fraction of sp³-hybridized carbons (Fsp3) is 0.0968. The number of aromatic amines is 2. The van der Waals surface area contributed by atoms with Crippen molar-refractivity contribution in [1.29, 1.82) is 5.41 Å². The van der Waals surface area contributed by atoms with Crippen LogP contribution in [0.4, 0.5) is 5.69 Å². The molecule has 7 aromatic rings. The number of H-pyrrole nitrogens is 2. The molecule has 0 saturated heterocycles. The van der Waals surface area contributed by atoms with E-state index < -0.39 is 0 Å². The van der Waals surface area contributed by atoms with Crippen molar-refractivity contribution in [3.63, 3.8) is 0 Å². The van der Waals surface area contributed by atoms with E-state index in [-0.39, 0.29) is 23.1 Å². The minimum absolute atomic E-state index is 0.0975. The Hall–Kier alpha value is -5.44. The highest BCUT2D eigenvalue weighted by Gasteiger charge is 2.36. The molecule has 3 aromatic heterocycles. The number of nitrogens with one attached hydrogen (secondary N) is 3. The molecule has 4 heterocycles. The summed E-state index contributed by atoms with van der Waals surface area (Å²) in [5, 5.41) is 23.9. The molecular weight excluding hydrogens is 502 g/mol. The number of rotatable bonds is 3. The van der Waals surface area contributed by atoms with Crippen LogP contribution in [0.3, 0.4) is 0 Å². The molecule has 0 radical (unpaired) electrons. The molecule has 1 atom stereocenters. The van der Waals surface area contributed by atoms with Crippen LogP contribution in [-0.2, 0) is 6.54 Å². The van der Waals surface area contributed by atoms with Crippen LogP contribution in [-0.4, -0.2) is 42.1 Å². The van der Waals surface area contributed by atoms with Gasteiger partial charge in [-0.3, -0.25) is 10.2 Å². The number of fused-ring (bicyclic) bond motifs is 6. The molecule has 0 saturated carbocycles. The van der Waals surface area contributed by atoms with Crippen molar-refractivity contribution < 1.29 is 9.90 Å². The van der Waals surface area contributed by atoms with Crippen molar-refractivity contribution in [2.75, 3.05) is 11.4 Å². The van der Waals surface area contributed by atoms with Crippen LogP contribution < -0.4 is 10.4 Å². The predicted molar refractivity (Wildman–Crippen MR) is 154 cm³/mol. The van der Waals surface area contributed by atoms with Crippen molar-refractivity contribution in [3.8, 4) is 5.75 Å². The Balaban J connectivity index is 1.26. The van der Waals surface area contributed by atoms with Crippen LogP contribution in [0.5, 0.6) is 5.75 Å². The van der Waals surface area contributed by atoms with E-state index in [1.807, 2.05) is 47.0 Å². The minimum Gasteiger partial charge on any atom is -0.507 e. The molecule has 1 aliphatic rings. The van der Waals surface area contributed by atoms with Gasteiger partial charge in [0.2, 0.25) is 0 Å². The number of phenols is 1. The van der Waals surface area contributed by atoms with E-state index in [9.17, 15) is 9.90 Å². The molecule has 4 N–H and O–H groups in total. The number of amides is 1. The van der Waals surface area contributed by atoms with Crippen molar-refractivity contribution in [1.82, 2.24) is 24.5 Å². The Bertz CT molecular complexity index is 2150. The standard InChI is InChI=1S/C31H23N7O2/c32-29-28-30(34-15-33-28)37(16-35-29)13-20-14-38(25-12-26(39)21-7-3-4-8-22(21)27(20)25)31(40)24-11-19-9-17-5-1-2-6-18(17)10-23(19)36-24/h1-12,15-16,20,32,36,39H,13-14H2,(H,33,34)/t20-/m1/s1. The number of aromatic hydroxyl groups is 1. The van der Waals surface area contributed by atoms with Crippen LogP contribution in [0.25, 0.3) is 43.6 Å². The normalized spacial score (nSPS) is 15.0. The van der Waals surface area contributed by atoms with Gasteiger partial charge in [-0.1, -0.05) is 48.5 Å². The first kappa shape index (κ1) is 22.5. The van der Waals surface area contributed by atoms with Gasteiger partial charge in [0.05, 0.1) is 18.3 Å². The predicted octanol–water partition coefficient (Wildman–Crippen LogP) is 5.18. The number of aromatic nitrogens is 5. The van der Waals surface area contributed by atoms with E-state index in [0.29, 0.717) is 35.6 Å². The number of anilines is 1. The number of carbonyl (C=O) groups is 1. The minimum atomic E-state index is -0.159. The van der Waals surface area contributed by atoms with E-state index >= 15 is 0 Å². The Morgan fingerprint density at radius 3 is 2.60 bits per heavy atom. The Morgan fingerprint density at radius 2 is 1.75 bits per heavy atom. The lowest BCUT2D eigenvalue weighted by molar-refractivity contribution is 0.0984. The highest BCUT2D eigenvalue weighted by Crippen LogP contribution is 2.46. The number of carbonyl (C=O) groups excluding carboxylic acids is 1. The highest BCUT2D eigenvalue weighted by atomic mass is 16.3. The maximum Gasteiger partial charge on any atom is 0.274 e. The Labute approximate surface area is 226 Å². The van der Waals surface area contributed by atoms with Crippen molar-refractivity contribution in [3.05, 3.63) is 102 Å². The molecule has 0 spiro atoms. The molecule has 1 amide bonds. The van der Waals surface area contributed by atoms with Gasteiger partial charge in [0.25, 0.3) is 5.91 Å². The van der Waals surface area contributed by atoms with E-state index in [2.05, 4.69) is 44.2 Å². The van der Waals surface area contributed by atoms with Gasteiger partial charge in [0.1, 0.15) is 17.0 Å². The topological polar surface area (TPSA) is 127 Å². The highest BCUT2D eigenvalue weighted by molar-refractivity contribution is 6.12. The van der Waals surface area contributed by atoms with Gasteiger partial charge in [-0.25, -0.2) is 9.97 Å². The third kappa shape index (κ3) is 3.27. The molecule has 0 unspecified atom stereocenters. The zero-order valence-corrected chi connectivity index (χ0v) is 21.2. The second-order valence-corrected chi connectivity index (χ2v) is 10.3. The van der Waals surface area contributed by atoms with Gasteiger partial charge < -0.3 is 24.5 Å². The molecule has 194 valence electrons. The first-order valence-corrected chi connectivity index (χ1v) is 13.1. The van der Waals surface area contributed by atoms with E-state index in [4.69, 9.17) is 5.41 Å². The van der Waals surface area contributed by atoms with Crippen molar-refractivity contribution in [2.24, 2.45) is 0 Å². The monoisotopic (exact) mass is 525 g/mol. The van der Waals surface area contributed by atoms with E-state index in [0.717, 1.165) is 38.0 Å². The van der Waals surface area contributed by atoms with Gasteiger partial charge in [-0.15, -0.1) is 0 Å². The lowest BCUT2D eigenvalue weighted by atomic mass is 9.94. The largest absolute Gasteiger partial charge is 0.507 e. The zero-order chi connectivity index (χ0) is 27.0. The van der Waals surface area contributed by atoms with Gasteiger partial charge in [0, 0.05) is 41.4 Å². The van der Waals surface area contributed by atoms with Crippen LogP contribution in [0.15, 0.2) is 85.5 Å². The molecule has 8 rings (SSSR count). The number of hydrogen-bond acceptors (Lipinski definition) is 5. The molecule has 4 aromatic carbocycles. The third-order valence-electron chi connectivity index (χ3n) is 7.98. The second kappa shape index (κ2) is 8.28. The smallest absolute Gasteiger partial charge is 0.274 e. The number of hydrogen-bond donors (Lipinski definition) is 4. The number of benzene rings is 4. The molecule has 9 heteroatoms. The van der Waals surface area contributed by atoms with Crippen LogP contribution in [0, 0.1) is 5.41 Å². The third-order valence-corrected chi connectivity index (χ3v) is 7.98. The first-order chi connectivity index (χ1) is 19.5. The molecule has 9 nitrogen and oxygen atoms in total. The molecule has 0 bridgehead atoms. The number of imidazole rings is 1. The van der Waals surface area contributed by atoms with Gasteiger partial charge in [0.15, 0.2) is 11.1 Å². The molecular formula is C31H23N7O2. The second-order valence-electron chi connectivity index (χ2n) is 10.3. The summed E-state index contributed by atoms with van der Waals surface area (Å²) >= 11 is 0. The summed E-state index contributed by atoms with van der Waals surface area (Å²) in [6.07, 6.45) is 3.19. The molecule has 1 aliphatic heterocycles. The Kier molecular flexibility index (Phi) is 4.66. The molecule has 0 aliphatic carbocycles. The number of nitrogens with zero attached hydrogens (tertiary/aromatic N) is 4. The van der Waals surface area contributed by atoms with E-state index in [1.165, 1.54) is 0 Å². The maximum atomic E-state index is 14.1. The fourth-order valence-electron chi connectivity index (χ4n) is 6.15. The fourth-order valence-corrected chi connectivity index (χ4v) is 6.15. The quantitative estimate of drug-likeness (QED) is 0.254. The maximum absolute atomic E-state index is 14.1. The van der Waals surface area contributed by atoms with Crippen molar-refractivity contribution >= 4 is 55.2 Å².